The first-order valence-electron chi connectivity index (χ1n) is 6.64. The summed E-state index contributed by atoms with van der Waals surface area (Å²) in [5, 5.41) is 11.6. The number of H-pyrrole nitrogens is 1. The van der Waals surface area contributed by atoms with Crippen molar-refractivity contribution in [2.75, 3.05) is 0 Å². The van der Waals surface area contributed by atoms with Gasteiger partial charge in [-0.2, -0.15) is 0 Å². The minimum absolute atomic E-state index is 0.128. The summed E-state index contributed by atoms with van der Waals surface area (Å²) in [4.78, 5) is 30.3. The molecule has 2 aromatic heterocycles. The Bertz CT molecular complexity index is 774. The summed E-state index contributed by atoms with van der Waals surface area (Å²) in [6.07, 6.45) is 1.15. The first-order chi connectivity index (χ1) is 10.6. The van der Waals surface area contributed by atoms with Gasteiger partial charge in [-0.25, -0.2) is 4.98 Å². The lowest BCUT2D eigenvalue weighted by molar-refractivity contribution is -0.137. The molecule has 3 N–H and O–H groups in total. The summed E-state index contributed by atoms with van der Waals surface area (Å²) in [5.74, 6) is -1.01. The highest BCUT2D eigenvalue weighted by Crippen LogP contribution is 2.18. The number of hydrogen-bond acceptors (Lipinski definition) is 4. The molecule has 1 atom stereocenters. The van der Waals surface area contributed by atoms with Gasteiger partial charge in [0.2, 0.25) is 0 Å². The lowest BCUT2D eigenvalue weighted by atomic mass is 10.1. The summed E-state index contributed by atoms with van der Waals surface area (Å²) in [7, 11) is 0. The van der Waals surface area contributed by atoms with E-state index >= 15 is 0 Å². The molecule has 112 valence electrons. The third-order valence-electron chi connectivity index (χ3n) is 3.18. The number of nitrogens with zero attached hydrogens (tertiary/aromatic N) is 1. The Morgan fingerprint density at radius 1 is 1.27 bits per heavy atom. The number of carboxylic acid groups (broad SMARTS) is 1. The van der Waals surface area contributed by atoms with Gasteiger partial charge in [-0.05, 0) is 24.3 Å². The van der Waals surface area contributed by atoms with Gasteiger partial charge < -0.3 is 19.8 Å². The van der Waals surface area contributed by atoms with Crippen molar-refractivity contribution in [2.24, 2.45) is 0 Å². The van der Waals surface area contributed by atoms with Crippen LogP contribution < -0.4 is 5.32 Å². The van der Waals surface area contributed by atoms with Crippen LogP contribution >= 0.6 is 0 Å². The molecule has 0 saturated heterocycles. The lowest BCUT2D eigenvalue weighted by Crippen LogP contribution is -2.30. The Morgan fingerprint density at radius 2 is 2.09 bits per heavy atom. The third-order valence-corrected chi connectivity index (χ3v) is 3.18. The molecule has 3 aromatic rings. The minimum Gasteiger partial charge on any atom is -0.481 e. The fraction of sp³-hybridized carbons (Fsp3) is 0.133. The van der Waals surface area contributed by atoms with Crippen LogP contribution in [0, 0.1) is 0 Å². The molecule has 0 aliphatic heterocycles. The molecule has 2 heterocycles. The number of aliphatic carboxylic acids is 1. The normalized spacial score (nSPS) is 12.2. The van der Waals surface area contributed by atoms with E-state index in [9.17, 15) is 9.59 Å². The largest absolute Gasteiger partial charge is 0.481 e. The van der Waals surface area contributed by atoms with Crippen LogP contribution in [0.3, 0.4) is 0 Å². The number of amides is 1. The predicted octanol–water partition coefficient (Wildman–Crippen LogP) is 2.10. The second-order valence-corrected chi connectivity index (χ2v) is 4.74. The number of benzene rings is 1. The van der Waals surface area contributed by atoms with E-state index in [-0.39, 0.29) is 12.2 Å². The molecule has 3 rings (SSSR count). The number of nitrogens with one attached hydrogen (secondary N) is 2. The summed E-state index contributed by atoms with van der Waals surface area (Å²) in [6.45, 7) is 0. The topological polar surface area (TPSA) is 108 Å². The zero-order valence-corrected chi connectivity index (χ0v) is 11.4. The number of carboxylic acids is 1. The molecular formula is C15H13N3O4. The number of aromatic nitrogens is 2. The summed E-state index contributed by atoms with van der Waals surface area (Å²) < 4.78 is 5.18. The summed E-state index contributed by atoms with van der Waals surface area (Å²) >= 11 is 0. The molecule has 0 aliphatic carbocycles. The molecule has 0 fully saturated rings. The van der Waals surface area contributed by atoms with Gasteiger partial charge in [0.05, 0.1) is 29.8 Å². The van der Waals surface area contributed by atoms with Gasteiger partial charge >= 0.3 is 5.97 Å². The molecule has 1 unspecified atom stereocenters. The van der Waals surface area contributed by atoms with Gasteiger partial charge in [-0.3, -0.25) is 9.59 Å². The van der Waals surface area contributed by atoms with E-state index in [0.717, 1.165) is 5.52 Å². The Labute approximate surface area is 125 Å². The van der Waals surface area contributed by atoms with E-state index in [2.05, 4.69) is 15.3 Å². The Hall–Kier alpha value is -3.09. The number of carbonyl (C=O) groups is 2. The zero-order chi connectivity index (χ0) is 15.5. The van der Waals surface area contributed by atoms with Crippen LogP contribution in [-0.2, 0) is 4.79 Å². The van der Waals surface area contributed by atoms with E-state index in [1.165, 1.54) is 6.26 Å². The van der Waals surface area contributed by atoms with Crippen molar-refractivity contribution in [2.45, 2.75) is 12.5 Å². The first kappa shape index (κ1) is 13.9. The van der Waals surface area contributed by atoms with Crippen molar-refractivity contribution < 1.29 is 19.1 Å². The van der Waals surface area contributed by atoms with Gasteiger partial charge in [0.15, 0.2) is 5.82 Å². The van der Waals surface area contributed by atoms with Crippen LogP contribution in [0.1, 0.15) is 28.8 Å². The average molecular weight is 299 g/mol. The summed E-state index contributed by atoms with van der Waals surface area (Å²) in [5.41, 5.74) is 1.40. The van der Waals surface area contributed by atoms with Crippen molar-refractivity contribution >= 4 is 22.9 Å². The molecular weight excluding hydrogens is 286 g/mol. The van der Waals surface area contributed by atoms with Gasteiger partial charge in [-0.1, -0.05) is 12.1 Å². The minimum atomic E-state index is -1.04. The maximum Gasteiger partial charge on any atom is 0.305 e. The van der Waals surface area contributed by atoms with E-state index < -0.39 is 17.9 Å². The Kier molecular flexibility index (Phi) is 3.61. The van der Waals surface area contributed by atoms with Crippen LogP contribution in [-0.4, -0.2) is 27.0 Å². The van der Waals surface area contributed by atoms with Crippen molar-refractivity contribution in [1.29, 1.82) is 0 Å². The number of hydrogen-bond donors (Lipinski definition) is 3. The monoisotopic (exact) mass is 299 g/mol. The highest BCUT2D eigenvalue weighted by atomic mass is 16.4. The van der Waals surface area contributed by atoms with Crippen LogP contribution in [0.25, 0.3) is 11.0 Å². The molecule has 0 radical (unpaired) electrons. The lowest BCUT2D eigenvalue weighted by Gasteiger charge is -2.13. The molecule has 0 aliphatic rings. The second kappa shape index (κ2) is 5.72. The maximum atomic E-state index is 12.3. The van der Waals surface area contributed by atoms with Crippen molar-refractivity contribution in [1.82, 2.24) is 15.3 Å². The van der Waals surface area contributed by atoms with E-state index in [1.807, 2.05) is 12.1 Å². The average Bonchev–Trinajstić information content (AvgIpc) is 3.15. The number of para-hydroxylation sites is 2. The highest BCUT2D eigenvalue weighted by molar-refractivity contribution is 5.94. The highest BCUT2D eigenvalue weighted by Gasteiger charge is 2.22. The van der Waals surface area contributed by atoms with Gasteiger partial charge in [0.25, 0.3) is 5.91 Å². The molecule has 1 aromatic carbocycles. The number of furan rings is 1. The Balaban J connectivity index is 1.82. The fourth-order valence-corrected chi connectivity index (χ4v) is 2.17. The molecule has 0 bridgehead atoms. The fourth-order valence-electron chi connectivity index (χ4n) is 2.17. The molecule has 0 saturated carbocycles. The molecule has 7 heteroatoms. The smallest absolute Gasteiger partial charge is 0.305 e. The molecule has 7 nitrogen and oxygen atoms in total. The summed E-state index contributed by atoms with van der Waals surface area (Å²) in [6, 6.07) is 9.74. The SMILES string of the molecule is O=C(O)CC(NC(=O)c1nc2ccccc2[nH]1)c1ccco1. The predicted molar refractivity (Wildman–Crippen MR) is 77.3 cm³/mol. The Morgan fingerprint density at radius 3 is 2.77 bits per heavy atom. The number of imidazole rings is 1. The van der Waals surface area contributed by atoms with Gasteiger partial charge in [-0.15, -0.1) is 0 Å². The second-order valence-electron chi connectivity index (χ2n) is 4.74. The molecule has 0 spiro atoms. The van der Waals surface area contributed by atoms with Crippen LogP contribution in [0.5, 0.6) is 0 Å². The van der Waals surface area contributed by atoms with Crippen molar-refractivity contribution in [3.63, 3.8) is 0 Å². The number of carbonyl (C=O) groups excluding carboxylic acids is 1. The van der Waals surface area contributed by atoms with E-state index in [0.29, 0.717) is 11.3 Å². The van der Waals surface area contributed by atoms with Crippen LogP contribution in [0.15, 0.2) is 47.1 Å². The maximum absolute atomic E-state index is 12.3. The number of rotatable bonds is 5. The number of fused-ring (bicyclic) bond motifs is 1. The van der Waals surface area contributed by atoms with Crippen LogP contribution in [0.4, 0.5) is 0 Å². The third kappa shape index (κ3) is 2.83. The van der Waals surface area contributed by atoms with Crippen molar-refractivity contribution in [3.8, 4) is 0 Å². The molecule has 1 amide bonds. The molecule has 22 heavy (non-hydrogen) atoms. The quantitative estimate of drug-likeness (QED) is 0.668. The van der Waals surface area contributed by atoms with Crippen molar-refractivity contribution in [3.05, 3.63) is 54.2 Å². The van der Waals surface area contributed by atoms with E-state index in [1.54, 1.807) is 24.3 Å². The van der Waals surface area contributed by atoms with Crippen LogP contribution in [0.2, 0.25) is 0 Å². The number of aromatic amines is 1. The first-order valence-corrected chi connectivity index (χ1v) is 6.64. The zero-order valence-electron chi connectivity index (χ0n) is 11.4. The standard InChI is InChI=1S/C15H13N3O4/c19-13(20)8-11(12-6-3-7-22-12)18-15(21)14-16-9-4-1-2-5-10(9)17-14/h1-7,11H,8H2,(H,16,17)(H,18,21)(H,19,20). The van der Waals surface area contributed by atoms with E-state index in [4.69, 9.17) is 9.52 Å². The van der Waals surface area contributed by atoms with Gasteiger partial charge in [0.1, 0.15) is 5.76 Å². The van der Waals surface area contributed by atoms with Gasteiger partial charge in [0, 0.05) is 0 Å².